The first-order valence-corrected chi connectivity index (χ1v) is 10.8. The lowest BCUT2D eigenvalue weighted by atomic mass is 10.1. The molecule has 1 aromatic heterocycles. The van der Waals surface area contributed by atoms with E-state index in [2.05, 4.69) is 21.0 Å². The van der Waals surface area contributed by atoms with Crippen molar-refractivity contribution in [1.82, 2.24) is 10.6 Å². The lowest BCUT2D eigenvalue weighted by Gasteiger charge is -2.08. The van der Waals surface area contributed by atoms with Gasteiger partial charge in [0.2, 0.25) is 0 Å². The van der Waals surface area contributed by atoms with Crippen molar-refractivity contribution in [2.45, 2.75) is 13.8 Å². The van der Waals surface area contributed by atoms with E-state index in [1.807, 2.05) is 30.3 Å². The highest BCUT2D eigenvalue weighted by atomic mass is 35.5. The second-order valence-corrected chi connectivity index (χ2v) is 7.89. The van der Waals surface area contributed by atoms with Gasteiger partial charge in [0.25, 0.3) is 11.8 Å². The van der Waals surface area contributed by atoms with Gasteiger partial charge >= 0.3 is 0 Å². The Morgan fingerprint density at radius 3 is 2.29 bits per heavy atom. The molecule has 0 aliphatic rings. The first-order valence-electron chi connectivity index (χ1n) is 10.5. The summed E-state index contributed by atoms with van der Waals surface area (Å²) < 4.78 is 5.24. The SMILES string of the molecule is CC(=NNC(=O)c1c(-c2ccccc2)noc1C)c1ccc(NC(=O)c2ccccc2Cl)cc1. The van der Waals surface area contributed by atoms with E-state index in [1.54, 1.807) is 62.4 Å². The Hall–Kier alpha value is -4.23. The standard InChI is InChI=1S/C26H21ClN4O3/c1-16(18-12-14-20(15-13-18)28-25(32)21-10-6-7-11-22(21)27)29-30-26(33)23-17(2)34-31-24(23)19-8-4-3-5-9-19/h3-15H,1-2H3,(H,28,32)(H,30,33). The van der Waals surface area contributed by atoms with Gasteiger partial charge in [0.1, 0.15) is 17.0 Å². The van der Waals surface area contributed by atoms with Crippen molar-refractivity contribution in [3.8, 4) is 11.3 Å². The summed E-state index contributed by atoms with van der Waals surface area (Å²) in [5.41, 5.74) is 6.52. The van der Waals surface area contributed by atoms with Gasteiger partial charge in [-0.3, -0.25) is 9.59 Å². The Labute approximate surface area is 201 Å². The molecule has 0 fully saturated rings. The molecule has 0 saturated carbocycles. The van der Waals surface area contributed by atoms with Crippen molar-refractivity contribution < 1.29 is 14.1 Å². The van der Waals surface area contributed by atoms with Crippen LogP contribution in [0.3, 0.4) is 0 Å². The number of rotatable bonds is 6. The van der Waals surface area contributed by atoms with E-state index < -0.39 is 5.91 Å². The molecular formula is C26H21ClN4O3. The molecule has 8 heteroatoms. The number of benzene rings is 3. The van der Waals surface area contributed by atoms with Gasteiger partial charge in [-0.25, -0.2) is 5.43 Å². The van der Waals surface area contributed by atoms with Gasteiger partial charge in [0.05, 0.1) is 16.3 Å². The minimum absolute atomic E-state index is 0.297. The van der Waals surface area contributed by atoms with Gasteiger partial charge in [0, 0.05) is 11.3 Å². The molecule has 0 aliphatic heterocycles. The molecule has 4 aromatic rings. The summed E-state index contributed by atoms with van der Waals surface area (Å²) >= 11 is 6.08. The van der Waals surface area contributed by atoms with E-state index in [1.165, 1.54) is 0 Å². The molecule has 2 N–H and O–H groups in total. The predicted molar refractivity (Wildman–Crippen MR) is 132 cm³/mol. The van der Waals surface area contributed by atoms with Crippen LogP contribution in [0.1, 0.15) is 39.0 Å². The Bertz CT molecular complexity index is 1360. The topological polar surface area (TPSA) is 96.6 Å². The summed E-state index contributed by atoms with van der Waals surface area (Å²) in [6.07, 6.45) is 0. The average Bonchev–Trinajstić information content (AvgIpc) is 3.25. The van der Waals surface area contributed by atoms with Crippen LogP contribution in [0, 0.1) is 6.92 Å². The van der Waals surface area contributed by atoms with Gasteiger partial charge in [0.15, 0.2) is 0 Å². The predicted octanol–water partition coefficient (Wildman–Crippen LogP) is 5.71. The molecule has 3 aromatic carbocycles. The zero-order chi connectivity index (χ0) is 24.1. The van der Waals surface area contributed by atoms with Crippen LogP contribution in [0.25, 0.3) is 11.3 Å². The number of hydrogen-bond acceptors (Lipinski definition) is 5. The number of amides is 2. The van der Waals surface area contributed by atoms with E-state index in [4.69, 9.17) is 16.1 Å². The number of nitrogens with one attached hydrogen (secondary N) is 2. The molecule has 0 bridgehead atoms. The lowest BCUT2D eigenvalue weighted by Crippen LogP contribution is -2.20. The molecule has 1 heterocycles. The minimum atomic E-state index is -0.416. The fraction of sp³-hybridized carbons (Fsp3) is 0.0769. The Kier molecular flexibility index (Phi) is 6.85. The zero-order valence-electron chi connectivity index (χ0n) is 18.5. The number of carbonyl (C=O) groups excluding carboxylic acids is 2. The lowest BCUT2D eigenvalue weighted by molar-refractivity contribution is 0.0953. The van der Waals surface area contributed by atoms with Gasteiger partial charge < -0.3 is 9.84 Å². The fourth-order valence-electron chi connectivity index (χ4n) is 3.33. The van der Waals surface area contributed by atoms with Gasteiger partial charge in [-0.15, -0.1) is 0 Å². The summed E-state index contributed by atoms with van der Waals surface area (Å²) in [5, 5.41) is 11.4. The number of aryl methyl sites for hydroxylation is 1. The molecule has 170 valence electrons. The first kappa shape index (κ1) is 22.9. The fourth-order valence-corrected chi connectivity index (χ4v) is 3.55. The summed E-state index contributed by atoms with van der Waals surface area (Å²) in [7, 11) is 0. The van der Waals surface area contributed by atoms with Crippen molar-refractivity contribution in [3.05, 3.63) is 106 Å². The Morgan fingerprint density at radius 2 is 1.59 bits per heavy atom. The van der Waals surface area contributed by atoms with Crippen molar-refractivity contribution in [2.75, 3.05) is 5.32 Å². The van der Waals surface area contributed by atoms with E-state index in [9.17, 15) is 9.59 Å². The minimum Gasteiger partial charge on any atom is -0.360 e. The maximum absolute atomic E-state index is 12.8. The van der Waals surface area contributed by atoms with E-state index >= 15 is 0 Å². The van der Waals surface area contributed by atoms with Crippen LogP contribution in [0.2, 0.25) is 5.02 Å². The summed E-state index contributed by atoms with van der Waals surface area (Å²) in [5.74, 6) is -0.308. The summed E-state index contributed by atoms with van der Waals surface area (Å²) in [6.45, 7) is 3.46. The van der Waals surface area contributed by atoms with Gasteiger partial charge in [-0.1, -0.05) is 71.4 Å². The van der Waals surface area contributed by atoms with Crippen LogP contribution >= 0.6 is 11.6 Å². The molecule has 0 atom stereocenters. The molecule has 0 unspecified atom stereocenters. The van der Waals surface area contributed by atoms with Crippen LogP contribution in [0.4, 0.5) is 5.69 Å². The quantitative estimate of drug-likeness (QED) is 0.277. The number of carbonyl (C=O) groups is 2. The maximum atomic E-state index is 12.8. The highest BCUT2D eigenvalue weighted by Gasteiger charge is 2.21. The van der Waals surface area contributed by atoms with Crippen molar-refractivity contribution in [1.29, 1.82) is 0 Å². The number of hydrogen-bond donors (Lipinski definition) is 2. The van der Waals surface area contributed by atoms with Crippen molar-refractivity contribution >= 4 is 34.8 Å². The largest absolute Gasteiger partial charge is 0.360 e. The molecule has 2 amide bonds. The highest BCUT2D eigenvalue weighted by Crippen LogP contribution is 2.25. The molecular weight excluding hydrogens is 452 g/mol. The zero-order valence-corrected chi connectivity index (χ0v) is 19.3. The second-order valence-electron chi connectivity index (χ2n) is 7.48. The van der Waals surface area contributed by atoms with E-state index in [0.717, 1.165) is 11.1 Å². The summed E-state index contributed by atoms with van der Waals surface area (Å²) in [6, 6.07) is 23.3. The maximum Gasteiger partial charge on any atom is 0.277 e. The smallest absolute Gasteiger partial charge is 0.277 e. The molecule has 0 saturated heterocycles. The summed E-state index contributed by atoms with van der Waals surface area (Å²) in [4.78, 5) is 25.2. The molecule has 4 rings (SSSR count). The number of nitrogens with zero attached hydrogens (tertiary/aromatic N) is 2. The molecule has 34 heavy (non-hydrogen) atoms. The van der Waals surface area contributed by atoms with Crippen molar-refractivity contribution in [3.63, 3.8) is 0 Å². The molecule has 0 aliphatic carbocycles. The third-order valence-electron chi connectivity index (χ3n) is 5.14. The number of anilines is 1. The molecule has 7 nitrogen and oxygen atoms in total. The third-order valence-corrected chi connectivity index (χ3v) is 5.47. The van der Waals surface area contributed by atoms with Crippen LogP contribution in [-0.2, 0) is 0 Å². The van der Waals surface area contributed by atoms with Crippen LogP contribution in [0.5, 0.6) is 0 Å². The van der Waals surface area contributed by atoms with Gasteiger partial charge in [-0.2, -0.15) is 5.10 Å². The van der Waals surface area contributed by atoms with Crippen molar-refractivity contribution in [2.24, 2.45) is 5.10 Å². The van der Waals surface area contributed by atoms with Crippen LogP contribution in [-0.4, -0.2) is 22.7 Å². The highest BCUT2D eigenvalue weighted by molar-refractivity contribution is 6.34. The van der Waals surface area contributed by atoms with E-state index in [0.29, 0.717) is 39.0 Å². The number of halogens is 1. The first-order chi connectivity index (χ1) is 16.4. The Morgan fingerprint density at radius 1 is 0.912 bits per heavy atom. The van der Waals surface area contributed by atoms with Gasteiger partial charge in [-0.05, 0) is 43.7 Å². The number of aromatic nitrogens is 1. The molecule has 0 spiro atoms. The molecule has 0 radical (unpaired) electrons. The number of hydrazone groups is 1. The third kappa shape index (κ3) is 5.05. The van der Waals surface area contributed by atoms with Crippen LogP contribution < -0.4 is 10.7 Å². The monoisotopic (exact) mass is 472 g/mol. The van der Waals surface area contributed by atoms with E-state index in [-0.39, 0.29) is 5.91 Å². The second kappa shape index (κ2) is 10.1. The average molecular weight is 473 g/mol. The Balaban J connectivity index is 1.44. The van der Waals surface area contributed by atoms with Crippen LogP contribution in [0.15, 0.2) is 88.5 Å². The normalized spacial score (nSPS) is 11.2.